The fraction of sp³-hybridized carbons (Fsp3) is 0.364. The lowest BCUT2D eigenvalue weighted by Gasteiger charge is -2.04. The Morgan fingerprint density at radius 1 is 0.933 bits per heavy atom. The van der Waals surface area contributed by atoms with Crippen molar-refractivity contribution in [3.63, 3.8) is 0 Å². The second kappa shape index (κ2) is 3.46. The molecular formula is C11H14N4. The number of hydrogen-bond acceptors (Lipinski definition) is 3. The third kappa shape index (κ3) is 1.88. The summed E-state index contributed by atoms with van der Waals surface area (Å²) in [6, 6.07) is 3.97. The molecule has 0 aliphatic heterocycles. The molecule has 0 atom stereocenters. The van der Waals surface area contributed by atoms with E-state index >= 15 is 0 Å². The SMILES string of the molecule is Cc1cc(-n2nc(C)cc2C)nc(C)n1. The van der Waals surface area contributed by atoms with Gasteiger partial charge in [0.15, 0.2) is 5.82 Å². The van der Waals surface area contributed by atoms with Gasteiger partial charge in [-0.1, -0.05) is 0 Å². The minimum Gasteiger partial charge on any atom is -0.238 e. The topological polar surface area (TPSA) is 43.6 Å². The van der Waals surface area contributed by atoms with Crippen molar-refractivity contribution >= 4 is 0 Å². The molecular weight excluding hydrogens is 188 g/mol. The highest BCUT2D eigenvalue weighted by molar-refractivity contribution is 5.27. The molecule has 78 valence electrons. The zero-order chi connectivity index (χ0) is 11.0. The van der Waals surface area contributed by atoms with Crippen LogP contribution in [0.1, 0.15) is 22.9 Å². The lowest BCUT2D eigenvalue weighted by molar-refractivity contribution is 0.788. The van der Waals surface area contributed by atoms with Gasteiger partial charge in [0.1, 0.15) is 5.82 Å². The Labute approximate surface area is 89.0 Å². The van der Waals surface area contributed by atoms with Crippen LogP contribution in [0.4, 0.5) is 0 Å². The summed E-state index contributed by atoms with van der Waals surface area (Å²) in [6.07, 6.45) is 0. The summed E-state index contributed by atoms with van der Waals surface area (Å²) in [5, 5.41) is 4.39. The van der Waals surface area contributed by atoms with E-state index in [0.29, 0.717) is 0 Å². The first-order valence-electron chi connectivity index (χ1n) is 4.92. The van der Waals surface area contributed by atoms with E-state index in [1.165, 1.54) is 0 Å². The summed E-state index contributed by atoms with van der Waals surface area (Å²) in [4.78, 5) is 8.61. The van der Waals surface area contributed by atoms with Crippen LogP contribution in [0.2, 0.25) is 0 Å². The van der Waals surface area contributed by atoms with Crippen LogP contribution in [0, 0.1) is 27.7 Å². The van der Waals surface area contributed by atoms with E-state index < -0.39 is 0 Å². The van der Waals surface area contributed by atoms with Crippen molar-refractivity contribution in [2.45, 2.75) is 27.7 Å². The van der Waals surface area contributed by atoms with Crippen molar-refractivity contribution in [1.82, 2.24) is 19.7 Å². The van der Waals surface area contributed by atoms with Gasteiger partial charge in [-0.15, -0.1) is 0 Å². The molecule has 0 spiro atoms. The Bertz CT molecular complexity index is 479. The van der Waals surface area contributed by atoms with E-state index in [4.69, 9.17) is 0 Å². The largest absolute Gasteiger partial charge is 0.238 e. The van der Waals surface area contributed by atoms with Crippen molar-refractivity contribution in [2.75, 3.05) is 0 Å². The van der Waals surface area contributed by atoms with Crippen molar-refractivity contribution in [3.05, 3.63) is 35.0 Å². The maximum atomic E-state index is 4.39. The average molecular weight is 202 g/mol. The van der Waals surface area contributed by atoms with Crippen LogP contribution in [-0.4, -0.2) is 19.7 Å². The molecule has 2 heterocycles. The van der Waals surface area contributed by atoms with Gasteiger partial charge < -0.3 is 0 Å². The van der Waals surface area contributed by atoms with Crippen LogP contribution in [0.15, 0.2) is 12.1 Å². The molecule has 0 saturated heterocycles. The van der Waals surface area contributed by atoms with Gasteiger partial charge >= 0.3 is 0 Å². The first kappa shape index (κ1) is 9.83. The van der Waals surface area contributed by atoms with Crippen LogP contribution in [0.3, 0.4) is 0 Å². The Morgan fingerprint density at radius 3 is 2.20 bits per heavy atom. The summed E-state index contributed by atoms with van der Waals surface area (Å²) >= 11 is 0. The third-order valence-electron chi connectivity index (χ3n) is 2.18. The summed E-state index contributed by atoms with van der Waals surface area (Å²) in [7, 11) is 0. The van der Waals surface area contributed by atoms with Crippen LogP contribution in [-0.2, 0) is 0 Å². The second-order valence-electron chi connectivity index (χ2n) is 3.75. The van der Waals surface area contributed by atoms with Crippen LogP contribution in [0.25, 0.3) is 5.82 Å². The fourth-order valence-corrected chi connectivity index (χ4v) is 1.67. The molecule has 0 radical (unpaired) electrons. The monoisotopic (exact) mass is 202 g/mol. The van der Waals surface area contributed by atoms with E-state index in [1.807, 2.05) is 44.5 Å². The summed E-state index contributed by atoms with van der Waals surface area (Å²) < 4.78 is 1.84. The molecule has 0 fully saturated rings. The molecule has 0 unspecified atom stereocenters. The maximum absolute atomic E-state index is 4.39. The molecule has 0 aromatic carbocycles. The number of aryl methyl sites for hydroxylation is 4. The second-order valence-corrected chi connectivity index (χ2v) is 3.75. The molecule has 4 heteroatoms. The molecule has 2 aromatic rings. The van der Waals surface area contributed by atoms with Crippen LogP contribution >= 0.6 is 0 Å². The Hall–Kier alpha value is -1.71. The van der Waals surface area contributed by atoms with Crippen molar-refractivity contribution in [1.29, 1.82) is 0 Å². The Balaban J connectivity index is 2.58. The average Bonchev–Trinajstić information content (AvgIpc) is 2.43. The van der Waals surface area contributed by atoms with Crippen LogP contribution in [0.5, 0.6) is 0 Å². The van der Waals surface area contributed by atoms with E-state index in [1.54, 1.807) is 0 Å². The molecule has 0 saturated carbocycles. The number of nitrogens with zero attached hydrogens (tertiary/aromatic N) is 4. The van der Waals surface area contributed by atoms with E-state index in [0.717, 1.165) is 28.7 Å². The lowest BCUT2D eigenvalue weighted by atomic mass is 10.4. The molecule has 0 amide bonds. The van der Waals surface area contributed by atoms with E-state index in [9.17, 15) is 0 Å². The molecule has 0 aliphatic rings. The van der Waals surface area contributed by atoms with Crippen LogP contribution < -0.4 is 0 Å². The zero-order valence-corrected chi connectivity index (χ0v) is 9.44. The first-order chi connectivity index (χ1) is 7.06. The summed E-state index contributed by atoms with van der Waals surface area (Å²) in [5.74, 6) is 1.61. The van der Waals surface area contributed by atoms with Crippen molar-refractivity contribution in [3.8, 4) is 5.82 Å². The highest BCUT2D eigenvalue weighted by Gasteiger charge is 2.06. The Morgan fingerprint density at radius 2 is 1.67 bits per heavy atom. The molecule has 15 heavy (non-hydrogen) atoms. The smallest absolute Gasteiger partial charge is 0.157 e. The van der Waals surface area contributed by atoms with Gasteiger partial charge in [0, 0.05) is 17.5 Å². The first-order valence-corrected chi connectivity index (χ1v) is 4.92. The quantitative estimate of drug-likeness (QED) is 0.709. The number of hydrogen-bond donors (Lipinski definition) is 0. The minimum absolute atomic E-state index is 0.776. The molecule has 0 bridgehead atoms. The molecule has 4 nitrogen and oxygen atoms in total. The normalized spacial score (nSPS) is 10.7. The summed E-state index contributed by atoms with van der Waals surface area (Å²) in [6.45, 7) is 7.85. The van der Waals surface area contributed by atoms with Gasteiger partial charge in [-0.3, -0.25) is 0 Å². The molecule has 2 aromatic heterocycles. The summed E-state index contributed by atoms with van der Waals surface area (Å²) in [5.41, 5.74) is 3.05. The predicted molar refractivity (Wildman–Crippen MR) is 58.1 cm³/mol. The van der Waals surface area contributed by atoms with Gasteiger partial charge in [-0.05, 0) is 33.8 Å². The van der Waals surface area contributed by atoms with E-state index in [2.05, 4.69) is 15.1 Å². The minimum atomic E-state index is 0.776. The van der Waals surface area contributed by atoms with Gasteiger partial charge in [-0.25, -0.2) is 14.6 Å². The molecule has 0 N–H and O–H groups in total. The molecule has 0 aliphatic carbocycles. The predicted octanol–water partition coefficient (Wildman–Crippen LogP) is 1.90. The maximum Gasteiger partial charge on any atom is 0.157 e. The zero-order valence-electron chi connectivity index (χ0n) is 9.44. The fourth-order valence-electron chi connectivity index (χ4n) is 1.67. The van der Waals surface area contributed by atoms with Crippen molar-refractivity contribution < 1.29 is 0 Å². The van der Waals surface area contributed by atoms with Gasteiger partial charge in [0.25, 0.3) is 0 Å². The Kier molecular flexibility index (Phi) is 2.26. The number of rotatable bonds is 1. The molecule has 2 rings (SSSR count). The highest BCUT2D eigenvalue weighted by atomic mass is 15.3. The lowest BCUT2D eigenvalue weighted by Crippen LogP contribution is -2.05. The van der Waals surface area contributed by atoms with Crippen molar-refractivity contribution in [2.24, 2.45) is 0 Å². The van der Waals surface area contributed by atoms with Gasteiger partial charge in [0.05, 0.1) is 5.69 Å². The van der Waals surface area contributed by atoms with E-state index in [-0.39, 0.29) is 0 Å². The standard InChI is InChI=1S/C11H14N4/c1-7-6-11(13-10(4)12-7)15-9(3)5-8(2)14-15/h5-6H,1-4H3. The van der Waals surface area contributed by atoms with Gasteiger partial charge in [0.2, 0.25) is 0 Å². The van der Waals surface area contributed by atoms with Gasteiger partial charge in [-0.2, -0.15) is 5.10 Å². The third-order valence-corrected chi connectivity index (χ3v) is 2.18. The highest BCUT2D eigenvalue weighted by Crippen LogP contribution is 2.10. The number of aromatic nitrogens is 4.